The van der Waals surface area contributed by atoms with Crippen LogP contribution < -0.4 is 10.2 Å². The number of hydrogen-bond acceptors (Lipinski definition) is 9. The molecule has 11 heteroatoms. The molecule has 2 atom stereocenters. The number of piperidine rings is 1. The predicted octanol–water partition coefficient (Wildman–Crippen LogP) is 2.95. The van der Waals surface area contributed by atoms with Crippen molar-refractivity contribution in [1.29, 1.82) is 5.26 Å². The Morgan fingerprint density at radius 1 is 1.19 bits per heavy atom. The summed E-state index contributed by atoms with van der Waals surface area (Å²) in [5, 5.41) is 25.7. The third kappa shape index (κ3) is 3.62. The second kappa shape index (κ2) is 8.34. The number of nitrogens with zero attached hydrogens (tertiary/aromatic N) is 8. The van der Waals surface area contributed by atoms with Gasteiger partial charge < -0.3 is 19.5 Å². The summed E-state index contributed by atoms with van der Waals surface area (Å²) in [7, 11) is 0. The Kier molecular flexibility index (Phi) is 5.10. The van der Waals surface area contributed by atoms with Crippen molar-refractivity contribution in [3.8, 4) is 28.9 Å². The molecule has 2 bridgehead atoms. The first kappa shape index (κ1) is 22.0. The van der Waals surface area contributed by atoms with Gasteiger partial charge in [-0.1, -0.05) is 5.10 Å². The molecule has 1 N–H and O–H groups in total. The van der Waals surface area contributed by atoms with Gasteiger partial charge >= 0.3 is 6.01 Å². The largest absolute Gasteiger partial charge is 0.403 e. The van der Waals surface area contributed by atoms with Crippen LogP contribution in [-0.4, -0.2) is 66.8 Å². The lowest BCUT2D eigenvalue weighted by Crippen LogP contribution is -2.69. The monoisotopic (exact) mass is 483 g/mol. The van der Waals surface area contributed by atoms with Crippen LogP contribution in [0.1, 0.15) is 32.8 Å². The van der Waals surface area contributed by atoms with Crippen LogP contribution in [0.4, 0.5) is 11.7 Å². The number of hydrogen-bond donors (Lipinski definition) is 1. The van der Waals surface area contributed by atoms with Crippen LogP contribution in [0, 0.1) is 11.3 Å². The molecular formula is C25H25N9O2. The fraction of sp³-hybridized carbons (Fsp3) is 0.360. The van der Waals surface area contributed by atoms with E-state index in [-0.39, 0.29) is 24.0 Å². The van der Waals surface area contributed by atoms with Gasteiger partial charge in [0.2, 0.25) is 5.91 Å². The van der Waals surface area contributed by atoms with E-state index in [1.54, 1.807) is 29.9 Å². The summed E-state index contributed by atoms with van der Waals surface area (Å²) in [4.78, 5) is 20.4. The van der Waals surface area contributed by atoms with Gasteiger partial charge in [0.15, 0.2) is 0 Å². The molecule has 3 aliphatic heterocycles. The third-order valence-electron chi connectivity index (χ3n) is 6.74. The van der Waals surface area contributed by atoms with Crippen molar-refractivity contribution in [3.63, 3.8) is 0 Å². The van der Waals surface area contributed by atoms with Crippen LogP contribution in [0.15, 0.2) is 41.1 Å². The zero-order valence-corrected chi connectivity index (χ0v) is 20.2. The number of nitrogens with one attached hydrogen (secondary N) is 1. The smallest absolute Gasteiger partial charge is 0.319 e. The predicted molar refractivity (Wildman–Crippen MR) is 132 cm³/mol. The number of carbonyl (C=O) groups excluding carboxylic acids is 1. The quantitative estimate of drug-likeness (QED) is 0.455. The van der Waals surface area contributed by atoms with Gasteiger partial charge in [-0.15, -0.1) is 5.10 Å². The van der Waals surface area contributed by atoms with Gasteiger partial charge in [-0.3, -0.25) is 9.78 Å². The third-order valence-corrected chi connectivity index (χ3v) is 6.74. The van der Waals surface area contributed by atoms with Crippen molar-refractivity contribution in [2.24, 2.45) is 0 Å². The first-order valence-corrected chi connectivity index (χ1v) is 11.9. The van der Waals surface area contributed by atoms with Gasteiger partial charge in [0, 0.05) is 32.3 Å². The van der Waals surface area contributed by atoms with Gasteiger partial charge in [-0.05, 0) is 44.5 Å². The number of nitriles is 1. The highest BCUT2D eigenvalue weighted by molar-refractivity contribution is 5.77. The van der Waals surface area contributed by atoms with E-state index in [1.165, 1.54) is 0 Å². The van der Waals surface area contributed by atoms with E-state index in [0.717, 1.165) is 29.0 Å². The number of aromatic nitrogens is 5. The number of carbonyl (C=O) groups is 1. The Bertz CT molecular complexity index is 1500. The topological polar surface area (TPSA) is 128 Å². The van der Waals surface area contributed by atoms with Crippen LogP contribution in [0.2, 0.25) is 0 Å². The van der Waals surface area contributed by atoms with Gasteiger partial charge in [-0.25, -0.2) is 4.52 Å². The summed E-state index contributed by atoms with van der Waals surface area (Å²) in [5.74, 6) is 0.486. The first-order valence-electron chi connectivity index (χ1n) is 11.9. The van der Waals surface area contributed by atoms with Crippen molar-refractivity contribution in [2.75, 3.05) is 23.3 Å². The summed E-state index contributed by atoms with van der Waals surface area (Å²) in [6.07, 6.45) is 4.29. The maximum absolute atomic E-state index is 11.8. The number of amides is 1. The van der Waals surface area contributed by atoms with Gasteiger partial charge in [0.1, 0.15) is 6.07 Å². The minimum atomic E-state index is 0.0996. The average Bonchev–Trinajstić information content (AvgIpc) is 3.50. The fourth-order valence-corrected chi connectivity index (χ4v) is 5.06. The highest BCUT2D eigenvalue weighted by Crippen LogP contribution is 2.38. The fourth-order valence-electron chi connectivity index (χ4n) is 5.06. The van der Waals surface area contributed by atoms with Crippen LogP contribution in [0.25, 0.3) is 28.4 Å². The first-order chi connectivity index (χ1) is 17.4. The molecule has 0 aliphatic carbocycles. The molecule has 3 fully saturated rings. The molecule has 7 rings (SSSR count). The van der Waals surface area contributed by atoms with Crippen molar-refractivity contribution in [1.82, 2.24) is 29.7 Å². The molecule has 2 unspecified atom stereocenters. The zero-order valence-electron chi connectivity index (χ0n) is 20.2. The second-order valence-corrected chi connectivity index (χ2v) is 9.59. The standard InChI is InChI=1S/C25H25N9O2/c1-14(2)29-21-8-22(23-5-4-17-6-16(9-26)10-28-34(17)23)27-11-20(21)24-30-31-25(36-24)33-18-7-19(33)13-32(12-18)15(3)35/h4-6,8,10-11,14,18-19H,7,12-13H2,1-3H3,(H,27,29). The van der Waals surface area contributed by atoms with Crippen molar-refractivity contribution in [3.05, 3.63) is 42.2 Å². The van der Waals surface area contributed by atoms with Crippen molar-refractivity contribution < 1.29 is 9.21 Å². The zero-order chi connectivity index (χ0) is 25.0. The Morgan fingerprint density at radius 3 is 2.72 bits per heavy atom. The van der Waals surface area contributed by atoms with Crippen LogP contribution >= 0.6 is 0 Å². The minimum Gasteiger partial charge on any atom is -0.403 e. The summed E-state index contributed by atoms with van der Waals surface area (Å²) in [6.45, 7) is 7.08. The van der Waals surface area contributed by atoms with Crippen molar-refractivity contribution in [2.45, 2.75) is 45.3 Å². The SMILES string of the molecule is CC(=O)N1CC2CC(C1)N2c1nnc(-c2cnc(-c3ccc4cc(C#N)cnn34)cc2NC(C)C)o1. The summed E-state index contributed by atoms with van der Waals surface area (Å²) in [6, 6.07) is 10.7. The number of piperazine rings is 1. The van der Waals surface area contributed by atoms with E-state index in [2.05, 4.69) is 50.4 Å². The molecule has 4 aromatic rings. The maximum Gasteiger partial charge on any atom is 0.319 e. The Hall–Kier alpha value is -4.46. The number of fused-ring (bicyclic) bond motifs is 3. The molecule has 0 spiro atoms. The Labute approximate surface area is 207 Å². The molecule has 3 saturated heterocycles. The van der Waals surface area contributed by atoms with Gasteiger partial charge in [-0.2, -0.15) is 10.4 Å². The van der Waals surface area contributed by atoms with E-state index >= 15 is 0 Å². The normalized spacial score (nSPS) is 18.9. The minimum absolute atomic E-state index is 0.0996. The number of rotatable bonds is 5. The molecular weight excluding hydrogens is 458 g/mol. The van der Waals surface area contributed by atoms with E-state index < -0.39 is 0 Å². The molecule has 0 aromatic carbocycles. The molecule has 0 radical (unpaired) electrons. The molecule has 36 heavy (non-hydrogen) atoms. The molecule has 4 aromatic heterocycles. The van der Waals surface area contributed by atoms with Crippen LogP contribution in [-0.2, 0) is 4.79 Å². The van der Waals surface area contributed by atoms with Crippen LogP contribution in [0.3, 0.4) is 0 Å². The lowest BCUT2D eigenvalue weighted by Gasteiger charge is -2.55. The van der Waals surface area contributed by atoms with E-state index in [4.69, 9.17) is 9.68 Å². The number of anilines is 2. The molecule has 3 aliphatic rings. The highest BCUT2D eigenvalue weighted by Gasteiger charge is 2.47. The second-order valence-electron chi connectivity index (χ2n) is 9.59. The highest BCUT2D eigenvalue weighted by atomic mass is 16.4. The van der Waals surface area contributed by atoms with E-state index in [9.17, 15) is 4.79 Å². The lowest BCUT2D eigenvalue weighted by atomic mass is 9.88. The lowest BCUT2D eigenvalue weighted by molar-refractivity contribution is -0.131. The molecule has 1 amide bonds. The Balaban J connectivity index is 1.32. The van der Waals surface area contributed by atoms with Crippen LogP contribution in [0.5, 0.6) is 0 Å². The molecule has 11 nitrogen and oxygen atoms in total. The average molecular weight is 484 g/mol. The summed E-state index contributed by atoms with van der Waals surface area (Å²) in [5.41, 5.74) is 4.38. The summed E-state index contributed by atoms with van der Waals surface area (Å²) < 4.78 is 7.89. The van der Waals surface area contributed by atoms with E-state index in [0.29, 0.717) is 36.1 Å². The number of pyridine rings is 1. The van der Waals surface area contributed by atoms with Crippen molar-refractivity contribution >= 4 is 23.1 Å². The maximum atomic E-state index is 11.8. The molecule has 0 saturated carbocycles. The van der Waals surface area contributed by atoms with E-state index in [1.807, 2.05) is 23.1 Å². The summed E-state index contributed by atoms with van der Waals surface area (Å²) >= 11 is 0. The van der Waals surface area contributed by atoms with Gasteiger partial charge in [0.05, 0.1) is 52.0 Å². The van der Waals surface area contributed by atoms with Gasteiger partial charge in [0.25, 0.3) is 5.89 Å². The molecule has 182 valence electrons. The Morgan fingerprint density at radius 2 is 2.00 bits per heavy atom. The molecule has 7 heterocycles.